The maximum Gasteiger partial charge on any atom is 0.119 e. The van der Waals surface area contributed by atoms with Crippen molar-refractivity contribution in [1.29, 1.82) is 0 Å². The molecule has 6 N–H and O–H groups in total. The van der Waals surface area contributed by atoms with Gasteiger partial charge in [0.25, 0.3) is 0 Å². The summed E-state index contributed by atoms with van der Waals surface area (Å²) in [6, 6.07) is 8.42. The van der Waals surface area contributed by atoms with Gasteiger partial charge in [0.15, 0.2) is 0 Å². The maximum atomic E-state index is 10.1. The molecule has 0 aliphatic carbocycles. The summed E-state index contributed by atoms with van der Waals surface area (Å²) < 4.78 is 0. The predicted octanol–water partition coefficient (Wildman–Crippen LogP) is 25.8. The lowest BCUT2D eigenvalue weighted by molar-refractivity contribution is 0.0636. The molecule has 100 heavy (non-hydrogen) atoms. The third-order valence-corrected chi connectivity index (χ3v) is 20.6. The Hall–Kier alpha value is -2.42. The standard InChI is InChI=1S/C19H32O.2C15H32O.3C15H28O/c1-13(2)18(14(3)4)15(5)11-16-9-8-10-17(12-16)19(6,7)20;5*1-11(2)14(12(3)4)13(5)9-8-10-15(6,7)16/h8-10,12-15,18,20H,11H2,1-7H3;2*11-14,16H,8-10H2,1-7H3;11-14,16H,9H2,1-7H3;2*9-14,16H,1-7H3/t;13-;;;;/m.0..../s1. The van der Waals surface area contributed by atoms with Gasteiger partial charge in [-0.15, -0.1) is 17.4 Å². The van der Waals surface area contributed by atoms with Crippen LogP contribution in [0.15, 0.2) is 60.0 Å². The lowest BCUT2D eigenvalue weighted by Crippen LogP contribution is -2.25. The zero-order valence-electron chi connectivity index (χ0n) is 74.8. The molecule has 6 heteroatoms. The molecular formula is C94H180O6. The van der Waals surface area contributed by atoms with Gasteiger partial charge in [-0.1, -0.05) is 264 Å². The molecule has 1 aromatic rings. The molecular weight excluding hydrogens is 1230 g/mol. The van der Waals surface area contributed by atoms with Gasteiger partial charge < -0.3 is 30.6 Å². The first-order valence-electron chi connectivity index (χ1n) is 40.7. The molecule has 0 fully saturated rings. The first-order chi connectivity index (χ1) is 44.9. The van der Waals surface area contributed by atoms with Crippen LogP contribution in [0.1, 0.15) is 347 Å². The van der Waals surface area contributed by atoms with Crippen molar-refractivity contribution in [3.8, 4) is 11.8 Å². The molecule has 0 aliphatic rings. The van der Waals surface area contributed by atoms with Crippen LogP contribution in [-0.2, 0) is 12.0 Å². The van der Waals surface area contributed by atoms with Gasteiger partial charge >= 0.3 is 0 Å². The van der Waals surface area contributed by atoms with E-state index in [-0.39, 0.29) is 0 Å². The van der Waals surface area contributed by atoms with Crippen LogP contribution in [0, 0.1) is 154 Å². The summed E-state index contributed by atoms with van der Waals surface area (Å²) in [5.41, 5.74) is 4.45. The summed E-state index contributed by atoms with van der Waals surface area (Å²) in [7, 11) is 0. The number of aliphatic hydroxyl groups is 6. The van der Waals surface area contributed by atoms with Crippen molar-refractivity contribution < 1.29 is 30.6 Å². The smallest absolute Gasteiger partial charge is 0.119 e. The van der Waals surface area contributed by atoms with Gasteiger partial charge in [0, 0.05) is 6.42 Å². The number of rotatable bonds is 34. The Morgan fingerprint density at radius 3 is 0.860 bits per heavy atom. The Bertz CT molecular complexity index is 2210. The van der Waals surface area contributed by atoms with Gasteiger partial charge in [0.1, 0.15) is 5.60 Å². The Morgan fingerprint density at radius 2 is 0.620 bits per heavy atom. The van der Waals surface area contributed by atoms with Gasteiger partial charge in [-0.3, -0.25) is 0 Å². The predicted molar refractivity (Wildman–Crippen MR) is 446 cm³/mol. The first kappa shape index (κ1) is 106. The number of benzene rings is 1. The van der Waals surface area contributed by atoms with E-state index in [1.54, 1.807) is 53.7 Å². The lowest BCUT2D eigenvalue weighted by atomic mass is 9.74. The van der Waals surface area contributed by atoms with E-state index in [0.29, 0.717) is 88.8 Å². The van der Waals surface area contributed by atoms with E-state index in [1.165, 1.54) is 18.4 Å². The van der Waals surface area contributed by atoms with Gasteiger partial charge in [-0.2, -0.15) is 0 Å². The molecule has 0 spiro atoms. The average molecular weight is 1410 g/mol. The van der Waals surface area contributed by atoms with E-state index in [4.69, 9.17) is 0 Å². The van der Waals surface area contributed by atoms with Gasteiger partial charge in [-0.25, -0.2) is 0 Å². The van der Waals surface area contributed by atoms with Crippen molar-refractivity contribution in [2.45, 2.75) is 376 Å². The second-order valence-corrected chi connectivity index (χ2v) is 39.2. The Kier molecular flexibility index (Phi) is 54.1. The van der Waals surface area contributed by atoms with Crippen molar-refractivity contribution in [3.05, 3.63) is 71.2 Å². The molecule has 0 saturated carbocycles. The molecule has 0 aliphatic heterocycles. The van der Waals surface area contributed by atoms with Gasteiger partial charge in [0.05, 0.1) is 28.0 Å². The molecule has 0 aromatic heterocycles. The minimum atomic E-state index is -0.856. The summed E-state index contributed by atoms with van der Waals surface area (Å²) in [5.74, 6) is 22.7. The third kappa shape index (κ3) is 55.1. The van der Waals surface area contributed by atoms with E-state index in [1.807, 2.05) is 47.6 Å². The van der Waals surface area contributed by atoms with Crippen molar-refractivity contribution in [2.75, 3.05) is 0 Å². The second-order valence-electron chi connectivity index (χ2n) is 39.2. The zero-order valence-corrected chi connectivity index (χ0v) is 74.8. The molecule has 0 amide bonds. The van der Waals surface area contributed by atoms with Gasteiger partial charge in [0.2, 0.25) is 0 Å². The summed E-state index contributed by atoms with van der Waals surface area (Å²) >= 11 is 0. The molecule has 0 saturated heterocycles. The van der Waals surface area contributed by atoms with Crippen LogP contribution in [0.3, 0.4) is 0 Å². The van der Waals surface area contributed by atoms with Crippen LogP contribution in [0.25, 0.3) is 0 Å². The van der Waals surface area contributed by atoms with Crippen LogP contribution in [0.4, 0.5) is 0 Å². The van der Waals surface area contributed by atoms with E-state index in [0.717, 1.165) is 97.3 Å². The summed E-state index contributed by atoms with van der Waals surface area (Å²) in [6.07, 6.45) is 16.2. The minimum Gasteiger partial charge on any atom is -0.390 e. The topological polar surface area (TPSA) is 121 Å². The lowest BCUT2D eigenvalue weighted by Gasteiger charge is -2.31. The SMILES string of the molecule is CC(C)C(C(C)C)C(C)C=C=CC(C)(C)O.CC(C)C(C(C)C)C(C)C=C=CC(C)(C)O.CC(C)C(C(C)C)C(C)CC#CC(C)(C)O.CC(C)C(C(C)C)C(C)CCCC(C)(C)O.CC(C)C(C(C)C)C(C)Cc1cccc(C(C)(C)O)c1.CC(C)C(C(C)C)[C@@H](C)CCCC(C)(C)O. The molecule has 0 bridgehead atoms. The fourth-order valence-corrected chi connectivity index (χ4v) is 17.6. The fraction of sp³-hybridized carbons (Fsp3) is 0.851. The molecule has 0 radical (unpaired) electrons. The largest absolute Gasteiger partial charge is 0.390 e. The highest BCUT2D eigenvalue weighted by Crippen LogP contribution is 2.37. The Balaban J connectivity index is -0.000000362. The highest BCUT2D eigenvalue weighted by molar-refractivity contribution is 5.27. The molecule has 5 unspecified atom stereocenters. The molecule has 6 nitrogen and oxygen atoms in total. The van der Waals surface area contributed by atoms with Crippen molar-refractivity contribution in [3.63, 3.8) is 0 Å². The fourth-order valence-electron chi connectivity index (χ4n) is 17.6. The number of hydrogen-bond acceptors (Lipinski definition) is 6. The van der Waals surface area contributed by atoms with E-state index in [2.05, 4.69) is 261 Å². The molecule has 0 heterocycles. The Labute approximate surface area is 628 Å². The highest BCUT2D eigenvalue weighted by Gasteiger charge is 2.29. The van der Waals surface area contributed by atoms with Crippen LogP contribution >= 0.6 is 0 Å². The normalized spacial score (nSPS) is 14.5. The molecule has 6 atom stereocenters. The molecule has 1 aromatic carbocycles. The summed E-state index contributed by atoms with van der Waals surface area (Å²) in [5, 5.41) is 58.1. The van der Waals surface area contributed by atoms with E-state index < -0.39 is 33.6 Å². The zero-order chi connectivity index (χ0) is 80.2. The van der Waals surface area contributed by atoms with Crippen LogP contribution in [-0.4, -0.2) is 58.6 Å². The molecule has 1 rings (SSSR count). The minimum absolute atomic E-state index is 0.495. The van der Waals surface area contributed by atoms with Crippen LogP contribution in [0.2, 0.25) is 0 Å². The molecule has 592 valence electrons. The summed E-state index contributed by atoms with van der Waals surface area (Å²) in [4.78, 5) is 0. The van der Waals surface area contributed by atoms with Crippen molar-refractivity contribution in [1.82, 2.24) is 0 Å². The van der Waals surface area contributed by atoms with Gasteiger partial charge in [-0.05, 0) is 280 Å². The van der Waals surface area contributed by atoms with Crippen LogP contribution < -0.4 is 0 Å². The number of hydrogen-bond donors (Lipinski definition) is 6. The quantitative estimate of drug-likeness (QED) is 0.0302. The maximum absolute atomic E-state index is 10.1. The first-order valence-corrected chi connectivity index (χ1v) is 40.7. The summed E-state index contributed by atoms with van der Waals surface area (Å²) in [6.45, 7) is 90.9. The second kappa shape index (κ2) is 51.0. The Morgan fingerprint density at radius 1 is 0.350 bits per heavy atom. The van der Waals surface area contributed by atoms with E-state index >= 15 is 0 Å². The van der Waals surface area contributed by atoms with E-state index in [9.17, 15) is 30.6 Å². The monoisotopic (exact) mass is 1410 g/mol. The van der Waals surface area contributed by atoms with Crippen molar-refractivity contribution in [2.24, 2.45) is 142 Å². The third-order valence-electron chi connectivity index (χ3n) is 20.6. The van der Waals surface area contributed by atoms with Crippen LogP contribution in [0.5, 0.6) is 0 Å². The highest BCUT2D eigenvalue weighted by atomic mass is 16.3. The van der Waals surface area contributed by atoms with Crippen molar-refractivity contribution >= 4 is 0 Å². The average Bonchev–Trinajstić information content (AvgIpc) is 0.845.